The van der Waals surface area contributed by atoms with Crippen molar-refractivity contribution in [2.45, 2.75) is 37.3 Å². The summed E-state index contributed by atoms with van der Waals surface area (Å²) in [6.45, 7) is 5.70. The van der Waals surface area contributed by atoms with Gasteiger partial charge < -0.3 is 9.84 Å². The van der Waals surface area contributed by atoms with Crippen LogP contribution in [0.1, 0.15) is 42.9 Å². The molecule has 2 bridgehead atoms. The normalized spacial score (nSPS) is 40.4. The Morgan fingerprint density at radius 2 is 2.05 bits per heavy atom. The molecule has 1 aromatic rings. The number of aromatic nitrogens is 2. The SMILES string of the molecule is CNC1CCCC1c1nc(C2CN3CCN2CC3)no1. The van der Waals surface area contributed by atoms with Crippen molar-refractivity contribution in [3.05, 3.63) is 11.7 Å². The second-order valence-corrected chi connectivity index (χ2v) is 6.28. The zero-order valence-corrected chi connectivity index (χ0v) is 12.1. The van der Waals surface area contributed by atoms with E-state index in [0.717, 1.165) is 37.8 Å². The molecule has 110 valence electrons. The third-order valence-electron chi connectivity index (χ3n) is 5.24. The molecule has 0 aromatic carbocycles. The van der Waals surface area contributed by atoms with Crippen molar-refractivity contribution in [2.75, 3.05) is 39.8 Å². The highest BCUT2D eigenvalue weighted by molar-refractivity contribution is 5.07. The monoisotopic (exact) mass is 277 g/mol. The van der Waals surface area contributed by atoms with Crippen LogP contribution in [-0.4, -0.2) is 65.8 Å². The minimum atomic E-state index is 0.337. The smallest absolute Gasteiger partial charge is 0.231 e. The van der Waals surface area contributed by atoms with Crippen molar-refractivity contribution < 1.29 is 4.52 Å². The standard InChI is InChI=1S/C14H23N5O/c1-15-11-4-2-3-10(11)14-16-13(17-20-14)12-9-18-5-7-19(12)8-6-18/h10-12,15H,2-9H2,1H3. The van der Waals surface area contributed by atoms with Gasteiger partial charge in [-0.25, -0.2) is 0 Å². The molecule has 6 heteroatoms. The zero-order chi connectivity index (χ0) is 13.5. The van der Waals surface area contributed by atoms with Crippen LogP contribution < -0.4 is 5.32 Å². The first kappa shape index (κ1) is 12.7. The van der Waals surface area contributed by atoms with Crippen LogP contribution in [0.2, 0.25) is 0 Å². The molecule has 5 rings (SSSR count). The van der Waals surface area contributed by atoms with Crippen molar-refractivity contribution in [1.29, 1.82) is 0 Å². The Morgan fingerprint density at radius 1 is 1.20 bits per heavy atom. The predicted octanol–water partition coefficient (Wildman–Crippen LogP) is 0.597. The molecule has 3 aliphatic heterocycles. The topological polar surface area (TPSA) is 57.4 Å². The number of nitrogens with zero attached hydrogens (tertiary/aromatic N) is 4. The highest BCUT2D eigenvalue weighted by atomic mass is 16.5. The van der Waals surface area contributed by atoms with Crippen molar-refractivity contribution >= 4 is 0 Å². The van der Waals surface area contributed by atoms with Gasteiger partial charge in [-0.05, 0) is 19.9 Å². The van der Waals surface area contributed by atoms with Gasteiger partial charge in [-0.1, -0.05) is 11.6 Å². The molecule has 4 heterocycles. The van der Waals surface area contributed by atoms with E-state index in [1.807, 2.05) is 7.05 Å². The first-order chi connectivity index (χ1) is 9.85. The Kier molecular flexibility index (Phi) is 3.24. The number of hydrogen-bond acceptors (Lipinski definition) is 6. The molecular formula is C14H23N5O. The number of nitrogens with one attached hydrogen (secondary N) is 1. The van der Waals surface area contributed by atoms with Crippen LogP contribution in [0.25, 0.3) is 0 Å². The highest BCUT2D eigenvalue weighted by Crippen LogP contribution is 2.35. The van der Waals surface area contributed by atoms with Crippen molar-refractivity contribution in [2.24, 2.45) is 0 Å². The van der Waals surface area contributed by atoms with E-state index in [2.05, 4.69) is 20.3 Å². The van der Waals surface area contributed by atoms with Crippen molar-refractivity contribution in [1.82, 2.24) is 25.3 Å². The summed E-state index contributed by atoms with van der Waals surface area (Å²) in [5, 5.41) is 7.67. The lowest BCUT2D eigenvalue weighted by Crippen LogP contribution is -2.57. The number of rotatable bonds is 3. The zero-order valence-electron chi connectivity index (χ0n) is 12.1. The third-order valence-corrected chi connectivity index (χ3v) is 5.24. The molecule has 0 amide bonds. The van der Waals surface area contributed by atoms with Gasteiger partial charge in [0.25, 0.3) is 0 Å². The molecule has 1 saturated carbocycles. The minimum Gasteiger partial charge on any atom is -0.339 e. The maximum absolute atomic E-state index is 5.60. The summed E-state index contributed by atoms with van der Waals surface area (Å²) in [4.78, 5) is 9.75. The molecule has 1 N–H and O–H groups in total. The fourth-order valence-corrected chi connectivity index (χ4v) is 4.00. The fourth-order valence-electron chi connectivity index (χ4n) is 4.00. The molecule has 1 aliphatic carbocycles. The van der Waals surface area contributed by atoms with E-state index in [9.17, 15) is 0 Å². The van der Waals surface area contributed by atoms with Crippen molar-refractivity contribution in [3.8, 4) is 0 Å². The lowest BCUT2D eigenvalue weighted by molar-refractivity contribution is 0.00781. The first-order valence-corrected chi connectivity index (χ1v) is 7.82. The fraction of sp³-hybridized carbons (Fsp3) is 0.857. The summed E-state index contributed by atoms with van der Waals surface area (Å²) >= 11 is 0. The van der Waals surface area contributed by atoms with E-state index in [0.29, 0.717) is 18.0 Å². The molecular weight excluding hydrogens is 254 g/mol. The van der Waals surface area contributed by atoms with E-state index in [-0.39, 0.29) is 0 Å². The number of fused-ring (bicyclic) bond motifs is 3. The summed E-state index contributed by atoms with van der Waals surface area (Å²) in [6, 6.07) is 0.833. The molecule has 1 aromatic heterocycles. The number of piperazine rings is 3. The maximum Gasteiger partial charge on any atom is 0.231 e. The van der Waals surface area contributed by atoms with E-state index in [1.54, 1.807) is 0 Å². The lowest BCUT2D eigenvalue weighted by atomic mass is 10.0. The molecule has 0 radical (unpaired) electrons. The van der Waals surface area contributed by atoms with Crippen LogP contribution >= 0.6 is 0 Å². The molecule has 4 fully saturated rings. The first-order valence-electron chi connectivity index (χ1n) is 7.82. The van der Waals surface area contributed by atoms with E-state index >= 15 is 0 Å². The average Bonchev–Trinajstić information content (AvgIpc) is 3.17. The van der Waals surface area contributed by atoms with Gasteiger partial charge >= 0.3 is 0 Å². The van der Waals surface area contributed by atoms with Crippen LogP contribution in [-0.2, 0) is 0 Å². The molecule has 4 aliphatic rings. The van der Waals surface area contributed by atoms with Crippen molar-refractivity contribution in [3.63, 3.8) is 0 Å². The molecule has 3 unspecified atom stereocenters. The maximum atomic E-state index is 5.60. The minimum absolute atomic E-state index is 0.337. The van der Waals surface area contributed by atoms with Gasteiger partial charge in [-0.15, -0.1) is 0 Å². The number of likely N-dealkylation sites (N-methyl/N-ethyl adjacent to an activating group) is 1. The summed E-state index contributed by atoms with van der Waals surface area (Å²) in [7, 11) is 2.03. The van der Waals surface area contributed by atoms with Gasteiger partial charge in [0.2, 0.25) is 5.89 Å². The quantitative estimate of drug-likeness (QED) is 0.873. The molecule has 3 saturated heterocycles. The van der Waals surface area contributed by atoms with Gasteiger partial charge in [0.1, 0.15) is 0 Å². The number of hydrogen-bond donors (Lipinski definition) is 1. The largest absolute Gasteiger partial charge is 0.339 e. The Balaban J connectivity index is 1.53. The Labute approximate surface area is 119 Å². The molecule has 6 nitrogen and oxygen atoms in total. The van der Waals surface area contributed by atoms with E-state index in [4.69, 9.17) is 9.51 Å². The molecule has 0 spiro atoms. The van der Waals surface area contributed by atoms with Crippen LogP contribution in [0.4, 0.5) is 0 Å². The second kappa shape index (κ2) is 5.09. The summed E-state index contributed by atoms with van der Waals surface area (Å²) < 4.78 is 5.60. The summed E-state index contributed by atoms with van der Waals surface area (Å²) in [5.74, 6) is 2.14. The van der Waals surface area contributed by atoms with Gasteiger partial charge in [0.05, 0.1) is 12.0 Å². The Morgan fingerprint density at radius 3 is 2.75 bits per heavy atom. The summed E-state index contributed by atoms with van der Waals surface area (Å²) in [6.07, 6.45) is 3.62. The third kappa shape index (κ3) is 2.06. The van der Waals surface area contributed by atoms with Gasteiger partial charge in [0, 0.05) is 38.8 Å². The molecule has 20 heavy (non-hydrogen) atoms. The van der Waals surface area contributed by atoms with Crippen LogP contribution in [0, 0.1) is 0 Å². The average molecular weight is 277 g/mol. The molecule has 3 atom stereocenters. The van der Waals surface area contributed by atoms with Gasteiger partial charge in [0.15, 0.2) is 5.82 Å². The highest BCUT2D eigenvalue weighted by Gasteiger charge is 2.37. The van der Waals surface area contributed by atoms with Gasteiger partial charge in [-0.2, -0.15) is 4.98 Å². The van der Waals surface area contributed by atoms with E-state index in [1.165, 1.54) is 25.9 Å². The van der Waals surface area contributed by atoms with Crippen LogP contribution in [0.5, 0.6) is 0 Å². The Bertz CT molecular complexity index is 468. The Hall–Kier alpha value is -0.980. The van der Waals surface area contributed by atoms with Gasteiger partial charge in [-0.3, -0.25) is 9.80 Å². The van der Waals surface area contributed by atoms with Crippen LogP contribution in [0.3, 0.4) is 0 Å². The van der Waals surface area contributed by atoms with E-state index < -0.39 is 0 Å². The second-order valence-electron chi connectivity index (χ2n) is 6.28. The van der Waals surface area contributed by atoms with Crippen LogP contribution in [0.15, 0.2) is 4.52 Å². The lowest BCUT2D eigenvalue weighted by Gasteiger charge is -2.46. The summed E-state index contributed by atoms with van der Waals surface area (Å²) in [5.41, 5.74) is 0. The predicted molar refractivity (Wildman–Crippen MR) is 74.5 cm³/mol.